The van der Waals surface area contributed by atoms with Gasteiger partial charge in [-0.15, -0.1) is 0 Å². The lowest BCUT2D eigenvalue weighted by Gasteiger charge is -2.49. The Morgan fingerprint density at radius 1 is 1.24 bits per heavy atom. The van der Waals surface area contributed by atoms with E-state index in [0.717, 1.165) is 38.5 Å². The molecule has 2 aliphatic rings. The van der Waals surface area contributed by atoms with Gasteiger partial charge in [0.15, 0.2) is 0 Å². The van der Waals surface area contributed by atoms with E-state index in [9.17, 15) is 5.11 Å². The Morgan fingerprint density at radius 2 is 2.04 bits per heavy atom. The second kappa shape index (κ2) is 6.28. The molecule has 0 amide bonds. The molecule has 3 atom stereocenters. The lowest BCUT2D eigenvalue weighted by molar-refractivity contribution is -0.0507. The fourth-order valence-electron chi connectivity index (χ4n) is 5.38. The van der Waals surface area contributed by atoms with E-state index >= 15 is 0 Å². The summed E-state index contributed by atoms with van der Waals surface area (Å²) >= 11 is 0. The van der Waals surface area contributed by atoms with Crippen LogP contribution in [0.15, 0.2) is 36.5 Å². The van der Waals surface area contributed by atoms with Gasteiger partial charge in [-0.05, 0) is 68.4 Å². The Kier molecular flexibility index (Phi) is 4.23. The van der Waals surface area contributed by atoms with E-state index in [1.807, 2.05) is 11.7 Å². The van der Waals surface area contributed by atoms with Crippen LogP contribution in [0.25, 0.3) is 0 Å². The van der Waals surface area contributed by atoms with Crippen molar-refractivity contribution in [2.75, 3.05) is 0 Å². The molecule has 0 saturated heterocycles. The predicted octanol–water partition coefficient (Wildman–Crippen LogP) is 4.18. The third kappa shape index (κ3) is 2.93. The second-order valence-corrected chi connectivity index (χ2v) is 8.37. The zero-order chi connectivity index (χ0) is 17.5. The Bertz CT molecular complexity index is 738. The highest BCUT2D eigenvalue weighted by atomic mass is 16.3. The van der Waals surface area contributed by atoms with Gasteiger partial charge in [-0.25, -0.2) is 0 Å². The molecule has 1 saturated carbocycles. The molecule has 1 aromatic heterocycles. The highest BCUT2D eigenvalue weighted by Crippen LogP contribution is 2.53. The minimum atomic E-state index is -0.482. The molecule has 0 radical (unpaired) electrons. The van der Waals surface area contributed by atoms with Gasteiger partial charge in [-0.2, -0.15) is 5.10 Å². The van der Waals surface area contributed by atoms with Crippen molar-refractivity contribution >= 4 is 0 Å². The SMILES string of the molecule is CC[C@]1(O)CC[C@@]2(Cc3ccccc3)c3nn(C)cc3CCC[C@H]2C1. The molecule has 4 rings (SSSR count). The van der Waals surface area contributed by atoms with Crippen LogP contribution in [0.5, 0.6) is 0 Å². The molecule has 1 heterocycles. The fourth-order valence-corrected chi connectivity index (χ4v) is 5.38. The van der Waals surface area contributed by atoms with Crippen molar-refractivity contribution in [2.24, 2.45) is 13.0 Å². The summed E-state index contributed by atoms with van der Waals surface area (Å²) in [6, 6.07) is 10.9. The maximum absolute atomic E-state index is 11.0. The van der Waals surface area contributed by atoms with Crippen LogP contribution in [0.2, 0.25) is 0 Å². The molecule has 1 aromatic carbocycles. The van der Waals surface area contributed by atoms with E-state index in [1.165, 1.54) is 29.7 Å². The Hall–Kier alpha value is -1.61. The summed E-state index contributed by atoms with van der Waals surface area (Å²) in [5, 5.41) is 16.0. The molecule has 1 N–H and O–H groups in total. The molecular formula is C22H30N2O. The topological polar surface area (TPSA) is 38.1 Å². The average Bonchev–Trinajstić information content (AvgIpc) is 2.93. The smallest absolute Gasteiger partial charge is 0.0724 e. The van der Waals surface area contributed by atoms with Crippen LogP contribution in [-0.2, 0) is 25.3 Å². The monoisotopic (exact) mass is 338 g/mol. The van der Waals surface area contributed by atoms with E-state index in [1.54, 1.807) is 0 Å². The van der Waals surface area contributed by atoms with E-state index in [-0.39, 0.29) is 5.41 Å². The van der Waals surface area contributed by atoms with Crippen LogP contribution in [0, 0.1) is 5.92 Å². The first-order chi connectivity index (χ1) is 12.0. The molecule has 0 unspecified atom stereocenters. The number of benzene rings is 1. The highest BCUT2D eigenvalue weighted by Gasteiger charge is 2.51. The van der Waals surface area contributed by atoms with Gasteiger partial charge in [0.2, 0.25) is 0 Å². The molecular weight excluding hydrogens is 308 g/mol. The lowest BCUT2D eigenvalue weighted by Crippen LogP contribution is -2.49. The number of hydrogen-bond acceptors (Lipinski definition) is 2. The van der Waals surface area contributed by atoms with E-state index in [4.69, 9.17) is 5.10 Å². The maximum Gasteiger partial charge on any atom is 0.0724 e. The summed E-state index contributed by atoms with van der Waals surface area (Å²) < 4.78 is 2.00. The van der Waals surface area contributed by atoms with Crippen molar-refractivity contribution in [3.05, 3.63) is 53.3 Å². The Morgan fingerprint density at radius 3 is 2.80 bits per heavy atom. The van der Waals surface area contributed by atoms with Gasteiger partial charge >= 0.3 is 0 Å². The number of hydrogen-bond donors (Lipinski definition) is 1. The summed E-state index contributed by atoms with van der Waals surface area (Å²) in [7, 11) is 2.05. The Balaban J connectivity index is 1.80. The standard InChI is InChI=1S/C22H30N2O/c1-3-21(25)12-13-22(14-17-8-5-4-6-9-17)19(15-21)11-7-10-18-16-24(2)23-20(18)22/h4-6,8-9,16,19,25H,3,7,10-15H2,1-2H3/t19-,21-,22-/m0/s1. The minimum Gasteiger partial charge on any atom is -0.390 e. The van der Waals surface area contributed by atoms with Gasteiger partial charge in [0.1, 0.15) is 0 Å². The quantitative estimate of drug-likeness (QED) is 0.912. The molecule has 3 heteroatoms. The Labute approximate surface area is 151 Å². The number of aryl methyl sites for hydroxylation is 2. The molecule has 25 heavy (non-hydrogen) atoms. The zero-order valence-electron chi connectivity index (χ0n) is 15.5. The third-order valence-electron chi connectivity index (χ3n) is 6.84. The molecule has 0 bridgehead atoms. The number of aliphatic hydroxyl groups is 1. The number of nitrogens with zero attached hydrogens (tertiary/aromatic N) is 2. The summed E-state index contributed by atoms with van der Waals surface area (Å²) in [6.45, 7) is 2.13. The first-order valence-corrected chi connectivity index (χ1v) is 9.84. The maximum atomic E-state index is 11.0. The van der Waals surface area contributed by atoms with Gasteiger partial charge in [-0.3, -0.25) is 4.68 Å². The minimum absolute atomic E-state index is 0.0792. The normalized spacial score (nSPS) is 31.9. The van der Waals surface area contributed by atoms with Crippen LogP contribution in [0.1, 0.15) is 62.3 Å². The van der Waals surface area contributed by atoms with Crippen molar-refractivity contribution in [2.45, 2.75) is 69.3 Å². The molecule has 134 valence electrons. The predicted molar refractivity (Wildman–Crippen MR) is 101 cm³/mol. The van der Waals surface area contributed by atoms with Crippen LogP contribution in [0.4, 0.5) is 0 Å². The average molecular weight is 338 g/mol. The molecule has 0 spiro atoms. The van der Waals surface area contributed by atoms with Gasteiger partial charge in [-0.1, -0.05) is 37.3 Å². The van der Waals surface area contributed by atoms with Gasteiger partial charge in [0.05, 0.1) is 11.3 Å². The number of aromatic nitrogens is 2. The lowest BCUT2D eigenvalue weighted by atomic mass is 9.57. The summed E-state index contributed by atoms with van der Waals surface area (Å²) in [5.41, 5.74) is 3.75. The summed E-state index contributed by atoms with van der Waals surface area (Å²) in [5.74, 6) is 0.516. The first kappa shape index (κ1) is 16.8. The molecule has 3 nitrogen and oxygen atoms in total. The summed E-state index contributed by atoms with van der Waals surface area (Å²) in [4.78, 5) is 0. The van der Waals surface area contributed by atoms with Crippen molar-refractivity contribution in [3.63, 3.8) is 0 Å². The second-order valence-electron chi connectivity index (χ2n) is 8.37. The van der Waals surface area contributed by atoms with Crippen LogP contribution in [0.3, 0.4) is 0 Å². The van der Waals surface area contributed by atoms with E-state index in [2.05, 4.69) is 43.5 Å². The molecule has 0 aliphatic heterocycles. The van der Waals surface area contributed by atoms with Gasteiger partial charge < -0.3 is 5.11 Å². The van der Waals surface area contributed by atoms with Crippen LogP contribution < -0.4 is 0 Å². The van der Waals surface area contributed by atoms with Crippen LogP contribution >= 0.6 is 0 Å². The number of rotatable bonds is 3. The van der Waals surface area contributed by atoms with Gasteiger partial charge in [0.25, 0.3) is 0 Å². The van der Waals surface area contributed by atoms with Crippen LogP contribution in [-0.4, -0.2) is 20.5 Å². The van der Waals surface area contributed by atoms with Crippen molar-refractivity contribution < 1.29 is 5.11 Å². The fraction of sp³-hybridized carbons (Fsp3) is 0.591. The summed E-state index contributed by atoms with van der Waals surface area (Å²) in [6.07, 6.45) is 10.5. The highest BCUT2D eigenvalue weighted by molar-refractivity contribution is 5.34. The molecule has 2 aromatic rings. The molecule has 1 fully saturated rings. The van der Waals surface area contributed by atoms with Crippen molar-refractivity contribution in [3.8, 4) is 0 Å². The zero-order valence-corrected chi connectivity index (χ0v) is 15.5. The van der Waals surface area contributed by atoms with Gasteiger partial charge in [0, 0.05) is 18.7 Å². The van der Waals surface area contributed by atoms with Crippen molar-refractivity contribution in [1.82, 2.24) is 9.78 Å². The van der Waals surface area contributed by atoms with E-state index in [0.29, 0.717) is 5.92 Å². The number of fused-ring (bicyclic) bond motifs is 3. The first-order valence-electron chi connectivity index (χ1n) is 9.84. The van der Waals surface area contributed by atoms with Crippen molar-refractivity contribution in [1.29, 1.82) is 0 Å². The molecule has 2 aliphatic carbocycles. The third-order valence-corrected chi connectivity index (χ3v) is 6.84. The largest absolute Gasteiger partial charge is 0.390 e. The van der Waals surface area contributed by atoms with E-state index < -0.39 is 5.60 Å².